The van der Waals surface area contributed by atoms with Crippen LogP contribution in [0, 0.1) is 17.6 Å². The number of carbonyl (C=O) groups is 1. The monoisotopic (exact) mass is 355 g/mol. The van der Waals surface area contributed by atoms with Crippen LogP contribution in [-0.2, 0) is 0 Å². The highest BCUT2D eigenvalue weighted by Crippen LogP contribution is 2.44. The lowest BCUT2D eigenvalue weighted by atomic mass is 9.94. The van der Waals surface area contributed by atoms with Crippen LogP contribution in [0.4, 0.5) is 13.6 Å². The molecule has 26 heavy (non-hydrogen) atoms. The third-order valence-electron chi connectivity index (χ3n) is 4.47. The van der Waals surface area contributed by atoms with Gasteiger partial charge >= 0.3 is 6.03 Å². The van der Waals surface area contributed by atoms with Crippen LogP contribution >= 0.6 is 0 Å². The lowest BCUT2D eigenvalue weighted by Gasteiger charge is -2.35. The second-order valence-electron chi connectivity index (χ2n) is 6.22. The molecule has 4 rings (SSSR count). The summed E-state index contributed by atoms with van der Waals surface area (Å²) in [5, 5.41) is 0. The fraction of sp³-hybridized carbons (Fsp3) is 0.222. The maximum absolute atomic E-state index is 14.4. The van der Waals surface area contributed by atoms with Crippen molar-refractivity contribution in [3.63, 3.8) is 0 Å². The number of nitrogens with zero attached hydrogens (tertiary/aromatic N) is 4. The topological polar surface area (TPSA) is 84.5 Å². The predicted octanol–water partition coefficient (Wildman–Crippen LogP) is 2.93. The van der Waals surface area contributed by atoms with E-state index in [2.05, 4.69) is 15.0 Å². The number of allylic oxidation sites excluding steroid dienone is 1. The van der Waals surface area contributed by atoms with Crippen molar-refractivity contribution in [1.29, 1.82) is 0 Å². The van der Waals surface area contributed by atoms with Crippen molar-refractivity contribution in [2.45, 2.75) is 18.9 Å². The van der Waals surface area contributed by atoms with E-state index >= 15 is 0 Å². The molecule has 132 valence electrons. The molecule has 1 unspecified atom stereocenters. The molecule has 0 saturated heterocycles. The van der Waals surface area contributed by atoms with Gasteiger partial charge in [-0.25, -0.2) is 13.6 Å². The Hall–Kier alpha value is -3.16. The summed E-state index contributed by atoms with van der Waals surface area (Å²) in [5.41, 5.74) is 6.58. The van der Waals surface area contributed by atoms with E-state index in [0.717, 1.165) is 25.2 Å². The van der Waals surface area contributed by atoms with E-state index in [-0.39, 0.29) is 17.2 Å². The zero-order valence-corrected chi connectivity index (χ0v) is 13.6. The first-order valence-electron chi connectivity index (χ1n) is 8.13. The van der Waals surface area contributed by atoms with Gasteiger partial charge in [-0.2, -0.15) is 0 Å². The highest BCUT2D eigenvalue weighted by atomic mass is 19.1. The number of hydrogen-bond donors (Lipinski definition) is 1. The quantitative estimate of drug-likeness (QED) is 0.919. The van der Waals surface area contributed by atoms with Crippen LogP contribution in [0.15, 0.2) is 53.8 Å². The van der Waals surface area contributed by atoms with E-state index in [1.165, 1.54) is 17.3 Å². The molecule has 1 aliphatic heterocycles. The average Bonchev–Trinajstić information content (AvgIpc) is 3.46. The van der Waals surface area contributed by atoms with Crippen molar-refractivity contribution in [2.24, 2.45) is 16.6 Å². The molecular weight excluding hydrogens is 340 g/mol. The van der Waals surface area contributed by atoms with Gasteiger partial charge in [0.05, 0.1) is 23.7 Å². The number of carbonyl (C=O) groups excluding carboxylic acids is 1. The first kappa shape index (κ1) is 16.3. The van der Waals surface area contributed by atoms with Gasteiger partial charge in [-0.05, 0) is 24.5 Å². The molecule has 2 aliphatic rings. The Kier molecular flexibility index (Phi) is 3.95. The van der Waals surface area contributed by atoms with E-state index in [9.17, 15) is 13.6 Å². The van der Waals surface area contributed by atoms with E-state index < -0.39 is 23.7 Å². The molecule has 2 amide bonds. The average molecular weight is 355 g/mol. The second-order valence-corrected chi connectivity index (χ2v) is 6.22. The molecule has 2 N–H and O–H groups in total. The van der Waals surface area contributed by atoms with Gasteiger partial charge in [-0.1, -0.05) is 6.07 Å². The van der Waals surface area contributed by atoms with Crippen molar-refractivity contribution in [2.75, 3.05) is 0 Å². The summed E-state index contributed by atoms with van der Waals surface area (Å²) in [6, 6.07) is 1.82. The van der Waals surface area contributed by atoms with E-state index in [4.69, 9.17) is 5.73 Å². The van der Waals surface area contributed by atoms with Crippen molar-refractivity contribution in [3.8, 4) is 0 Å². The van der Waals surface area contributed by atoms with Gasteiger partial charge in [0.1, 0.15) is 6.04 Å². The van der Waals surface area contributed by atoms with Crippen LogP contribution in [-0.4, -0.2) is 26.6 Å². The summed E-state index contributed by atoms with van der Waals surface area (Å²) in [6.45, 7) is 0. The number of urea groups is 1. The maximum atomic E-state index is 14.4. The minimum Gasteiger partial charge on any atom is -0.351 e. The number of nitrogens with two attached hydrogens (primary N) is 1. The Morgan fingerprint density at radius 2 is 1.88 bits per heavy atom. The van der Waals surface area contributed by atoms with Crippen LogP contribution in [0.3, 0.4) is 0 Å². The standard InChI is InChI=1S/C18H15F2N5O/c19-12-7-23-8-13(20)15(12)16-17(11-2-1-5-22-6-11)25(18(21)26)14(9-24-16)10-3-4-10/h1-2,5-10,17H,3-4H2,(H2,21,26). The smallest absolute Gasteiger partial charge is 0.319 e. The van der Waals surface area contributed by atoms with Gasteiger partial charge in [-0.15, -0.1) is 0 Å². The molecule has 0 aromatic carbocycles. The Bertz CT molecular complexity index is 904. The lowest BCUT2D eigenvalue weighted by Crippen LogP contribution is -2.44. The van der Waals surface area contributed by atoms with Crippen molar-refractivity contribution < 1.29 is 13.6 Å². The van der Waals surface area contributed by atoms with E-state index in [1.54, 1.807) is 18.3 Å². The zero-order valence-electron chi connectivity index (χ0n) is 13.6. The first-order valence-corrected chi connectivity index (χ1v) is 8.13. The highest BCUT2D eigenvalue weighted by molar-refractivity contribution is 6.07. The van der Waals surface area contributed by atoms with E-state index in [1.807, 2.05) is 0 Å². The molecule has 1 atom stereocenters. The summed E-state index contributed by atoms with van der Waals surface area (Å²) < 4.78 is 28.7. The normalized spacial score (nSPS) is 19.8. The molecule has 0 radical (unpaired) electrons. The van der Waals surface area contributed by atoms with Crippen LogP contribution in [0.25, 0.3) is 0 Å². The van der Waals surface area contributed by atoms with Gasteiger partial charge in [-0.3, -0.25) is 19.9 Å². The number of amides is 2. The minimum absolute atomic E-state index is 0.0543. The van der Waals surface area contributed by atoms with Crippen LogP contribution in [0.2, 0.25) is 0 Å². The molecular formula is C18H15F2N5O. The number of aliphatic imine (C=N–C) groups is 1. The molecule has 0 bridgehead atoms. The number of hydrogen-bond acceptors (Lipinski definition) is 4. The van der Waals surface area contributed by atoms with Crippen LogP contribution in [0.5, 0.6) is 0 Å². The number of rotatable bonds is 3. The third kappa shape index (κ3) is 2.73. The highest BCUT2D eigenvalue weighted by Gasteiger charge is 2.41. The number of halogens is 2. The number of pyridine rings is 2. The molecule has 1 aliphatic carbocycles. The maximum Gasteiger partial charge on any atom is 0.319 e. The number of primary amides is 1. The fourth-order valence-corrected chi connectivity index (χ4v) is 3.18. The molecule has 1 fully saturated rings. The largest absolute Gasteiger partial charge is 0.351 e. The van der Waals surface area contributed by atoms with Crippen molar-refractivity contribution in [3.05, 3.63) is 71.6 Å². The van der Waals surface area contributed by atoms with Gasteiger partial charge < -0.3 is 5.73 Å². The third-order valence-corrected chi connectivity index (χ3v) is 4.47. The summed E-state index contributed by atoms with van der Waals surface area (Å²) in [6.07, 6.45) is 8.23. The molecule has 0 spiro atoms. The Morgan fingerprint density at radius 3 is 2.46 bits per heavy atom. The van der Waals surface area contributed by atoms with Crippen LogP contribution < -0.4 is 5.73 Å². The second kappa shape index (κ2) is 6.29. The molecule has 2 aromatic heterocycles. The SMILES string of the molecule is NC(=O)N1C(C2CC2)=CN=C(c2c(F)cncc2F)C1c1cccnc1. The molecule has 1 saturated carbocycles. The number of aromatic nitrogens is 2. The summed E-state index contributed by atoms with van der Waals surface area (Å²) in [5.74, 6) is -1.55. The molecule has 3 heterocycles. The van der Waals surface area contributed by atoms with Gasteiger partial charge in [0.15, 0.2) is 11.6 Å². The first-order chi connectivity index (χ1) is 12.6. The predicted molar refractivity (Wildman–Crippen MR) is 89.9 cm³/mol. The van der Waals surface area contributed by atoms with Crippen LogP contribution in [0.1, 0.15) is 30.0 Å². The zero-order chi connectivity index (χ0) is 18.3. The Balaban J connectivity index is 1.93. The van der Waals surface area contributed by atoms with E-state index in [0.29, 0.717) is 11.3 Å². The fourth-order valence-electron chi connectivity index (χ4n) is 3.18. The summed E-state index contributed by atoms with van der Waals surface area (Å²) in [4.78, 5) is 25.5. The minimum atomic E-state index is -0.867. The van der Waals surface area contributed by atoms with Gasteiger partial charge in [0.25, 0.3) is 0 Å². The molecule has 8 heteroatoms. The van der Waals surface area contributed by atoms with Gasteiger partial charge in [0, 0.05) is 30.2 Å². The Labute approximate surface area is 148 Å². The van der Waals surface area contributed by atoms with Crippen molar-refractivity contribution >= 4 is 11.7 Å². The molecule has 2 aromatic rings. The summed E-state index contributed by atoms with van der Waals surface area (Å²) >= 11 is 0. The van der Waals surface area contributed by atoms with Crippen molar-refractivity contribution in [1.82, 2.24) is 14.9 Å². The molecule has 6 nitrogen and oxygen atoms in total. The summed E-state index contributed by atoms with van der Waals surface area (Å²) in [7, 11) is 0. The Morgan fingerprint density at radius 1 is 1.15 bits per heavy atom. The van der Waals surface area contributed by atoms with Gasteiger partial charge in [0.2, 0.25) is 0 Å². The lowest BCUT2D eigenvalue weighted by molar-refractivity contribution is 0.211.